The molecule has 8 heteroatoms. The molecule has 174 valence electrons. The molecule has 0 heterocycles. The standard InChI is InChI=1S/C25H28N2O4S2/c1-2-31-19-9-18-26-33(29,30)23-16-14-21(15-17-23)27-25(28)24(20-10-5-3-6-11-20)32-22-12-7-4-8-13-22/h3-8,10-17,24,26H,2,9,18-19H2,1H3,(H,27,28)/t24-/m1/s1. The molecule has 33 heavy (non-hydrogen) atoms. The molecule has 0 bridgehead atoms. The van der Waals surface area contributed by atoms with Gasteiger partial charge in [-0.3, -0.25) is 4.79 Å². The Kier molecular flexibility index (Phi) is 9.50. The number of rotatable bonds is 12. The quantitative estimate of drug-likeness (QED) is 0.283. The summed E-state index contributed by atoms with van der Waals surface area (Å²) in [6.07, 6.45) is 0.598. The first-order valence-corrected chi connectivity index (χ1v) is 13.1. The number of carbonyl (C=O) groups is 1. The molecule has 0 radical (unpaired) electrons. The van der Waals surface area contributed by atoms with Crippen LogP contribution in [0.1, 0.15) is 24.2 Å². The number of hydrogen-bond donors (Lipinski definition) is 2. The third-order valence-electron chi connectivity index (χ3n) is 4.73. The van der Waals surface area contributed by atoms with Crippen LogP contribution in [0.3, 0.4) is 0 Å². The van der Waals surface area contributed by atoms with Gasteiger partial charge in [-0.2, -0.15) is 0 Å². The molecule has 0 saturated heterocycles. The molecule has 0 unspecified atom stereocenters. The number of thioether (sulfide) groups is 1. The maximum Gasteiger partial charge on any atom is 0.242 e. The fraction of sp³-hybridized carbons (Fsp3) is 0.240. The molecule has 0 aliphatic heterocycles. The van der Waals surface area contributed by atoms with Crippen molar-refractivity contribution in [2.75, 3.05) is 25.1 Å². The van der Waals surface area contributed by atoms with E-state index in [1.165, 1.54) is 23.9 Å². The van der Waals surface area contributed by atoms with E-state index in [9.17, 15) is 13.2 Å². The zero-order chi connectivity index (χ0) is 23.5. The number of anilines is 1. The lowest BCUT2D eigenvalue weighted by Gasteiger charge is -2.17. The van der Waals surface area contributed by atoms with E-state index in [4.69, 9.17) is 4.74 Å². The van der Waals surface area contributed by atoms with Crippen molar-refractivity contribution < 1.29 is 17.9 Å². The van der Waals surface area contributed by atoms with Gasteiger partial charge in [0.25, 0.3) is 0 Å². The van der Waals surface area contributed by atoms with Crippen molar-refractivity contribution in [2.45, 2.75) is 28.4 Å². The van der Waals surface area contributed by atoms with Gasteiger partial charge in [0.05, 0.1) is 4.90 Å². The number of benzene rings is 3. The van der Waals surface area contributed by atoms with Gasteiger partial charge in [-0.25, -0.2) is 13.1 Å². The molecule has 0 aliphatic rings. The molecular formula is C25H28N2O4S2. The third kappa shape index (κ3) is 7.71. The van der Waals surface area contributed by atoms with Crippen molar-refractivity contribution in [3.63, 3.8) is 0 Å². The van der Waals surface area contributed by atoms with Crippen LogP contribution in [-0.2, 0) is 19.6 Å². The number of ether oxygens (including phenoxy) is 1. The Morgan fingerprint density at radius 3 is 2.21 bits per heavy atom. The zero-order valence-corrected chi connectivity index (χ0v) is 20.1. The number of carbonyl (C=O) groups excluding carboxylic acids is 1. The molecule has 6 nitrogen and oxygen atoms in total. The second kappa shape index (κ2) is 12.6. The Balaban J connectivity index is 1.67. The maximum absolute atomic E-state index is 13.2. The Hall–Kier alpha value is -2.65. The van der Waals surface area contributed by atoms with E-state index in [1.54, 1.807) is 12.1 Å². The van der Waals surface area contributed by atoms with Crippen LogP contribution in [-0.4, -0.2) is 34.1 Å². The summed E-state index contributed by atoms with van der Waals surface area (Å²) in [7, 11) is -3.62. The van der Waals surface area contributed by atoms with E-state index in [2.05, 4.69) is 10.0 Å². The van der Waals surface area contributed by atoms with E-state index in [0.29, 0.717) is 31.9 Å². The van der Waals surface area contributed by atoms with E-state index in [-0.39, 0.29) is 10.8 Å². The molecule has 0 aromatic heterocycles. The Morgan fingerprint density at radius 2 is 1.58 bits per heavy atom. The zero-order valence-electron chi connectivity index (χ0n) is 18.4. The summed E-state index contributed by atoms with van der Waals surface area (Å²) < 4.78 is 32.7. The van der Waals surface area contributed by atoms with Crippen LogP contribution < -0.4 is 10.0 Å². The van der Waals surface area contributed by atoms with Crippen LogP contribution in [0.15, 0.2) is 94.7 Å². The number of amides is 1. The molecule has 1 atom stereocenters. The molecule has 0 saturated carbocycles. The lowest BCUT2D eigenvalue weighted by molar-refractivity contribution is -0.115. The highest BCUT2D eigenvalue weighted by atomic mass is 32.2. The predicted molar refractivity (Wildman–Crippen MR) is 133 cm³/mol. The van der Waals surface area contributed by atoms with Crippen molar-refractivity contribution in [3.05, 3.63) is 90.5 Å². The second-order valence-corrected chi connectivity index (χ2v) is 10.1. The van der Waals surface area contributed by atoms with Crippen LogP contribution in [0, 0.1) is 0 Å². The van der Waals surface area contributed by atoms with Gasteiger partial charge >= 0.3 is 0 Å². The Labute approximate surface area is 199 Å². The Bertz CT molecular complexity index is 1110. The molecule has 1 amide bonds. The van der Waals surface area contributed by atoms with Crippen LogP contribution >= 0.6 is 11.8 Å². The van der Waals surface area contributed by atoms with Crippen molar-refractivity contribution >= 4 is 33.4 Å². The van der Waals surface area contributed by atoms with Crippen molar-refractivity contribution in [3.8, 4) is 0 Å². The summed E-state index contributed by atoms with van der Waals surface area (Å²) in [5.41, 5.74) is 1.42. The van der Waals surface area contributed by atoms with Gasteiger partial charge < -0.3 is 10.1 Å². The summed E-state index contributed by atoms with van der Waals surface area (Å²) >= 11 is 1.46. The highest BCUT2D eigenvalue weighted by Crippen LogP contribution is 2.36. The topological polar surface area (TPSA) is 84.5 Å². The van der Waals surface area contributed by atoms with Gasteiger partial charge in [0.15, 0.2) is 0 Å². The monoisotopic (exact) mass is 484 g/mol. The van der Waals surface area contributed by atoms with Crippen molar-refractivity contribution in [2.24, 2.45) is 0 Å². The van der Waals surface area contributed by atoms with E-state index >= 15 is 0 Å². The first-order chi connectivity index (χ1) is 16.0. The van der Waals surface area contributed by atoms with Crippen LogP contribution in [0.25, 0.3) is 0 Å². The minimum Gasteiger partial charge on any atom is -0.382 e. The van der Waals surface area contributed by atoms with Crippen LogP contribution in [0.4, 0.5) is 5.69 Å². The number of hydrogen-bond acceptors (Lipinski definition) is 5. The van der Waals surface area contributed by atoms with Gasteiger partial charge in [-0.15, -0.1) is 11.8 Å². The van der Waals surface area contributed by atoms with Gasteiger partial charge in [0.1, 0.15) is 5.25 Å². The Morgan fingerprint density at radius 1 is 0.939 bits per heavy atom. The van der Waals surface area contributed by atoms with Crippen LogP contribution in [0.5, 0.6) is 0 Å². The lowest BCUT2D eigenvalue weighted by atomic mass is 10.1. The molecule has 0 aliphatic carbocycles. The smallest absolute Gasteiger partial charge is 0.242 e. The highest BCUT2D eigenvalue weighted by Gasteiger charge is 2.22. The highest BCUT2D eigenvalue weighted by molar-refractivity contribution is 8.00. The first-order valence-electron chi connectivity index (χ1n) is 10.7. The number of nitrogens with one attached hydrogen (secondary N) is 2. The summed E-state index contributed by atoms with van der Waals surface area (Å²) in [5.74, 6) is -0.181. The normalized spacial score (nSPS) is 12.3. The fourth-order valence-electron chi connectivity index (χ4n) is 3.07. The third-order valence-corrected chi connectivity index (χ3v) is 7.47. The summed E-state index contributed by atoms with van der Waals surface area (Å²) in [6.45, 7) is 3.31. The average molecular weight is 485 g/mol. The van der Waals surface area contributed by atoms with Crippen LogP contribution in [0.2, 0.25) is 0 Å². The molecule has 3 aromatic rings. The van der Waals surface area contributed by atoms with Crippen molar-refractivity contribution in [1.82, 2.24) is 4.72 Å². The summed E-state index contributed by atoms with van der Waals surface area (Å²) in [6, 6.07) is 25.5. The molecule has 2 N–H and O–H groups in total. The molecule has 3 rings (SSSR count). The predicted octanol–water partition coefficient (Wildman–Crippen LogP) is 4.86. The SMILES string of the molecule is CCOCCCNS(=O)(=O)c1ccc(NC(=O)[C@H](Sc2ccccc2)c2ccccc2)cc1. The van der Waals surface area contributed by atoms with Crippen molar-refractivity contribution in [1.29, 1.82) is 0 Å². The number of sulfonamides is 1. The minimum absolute atomic E-state index is 0.148. The second-order valence-electron chi connectivity index (χ2n) is 7.18. The summed E-state index contributed by atoms with van der Waals surface area (Å²) in [4.78, 5) is 14.3. The fourth-order valence-corrected chi connectivity index (χ4v) is 5.19. The van der Waals surface area contributed by atoms with Gasteiger partial charge in [-0.1, -0.05) is 48.5 Å². The first kappa shape index (κ1) is 25.0. The molecule has 0 fully saturated rings. The van der Waals surface area contributed by atoms with Gasteiger partial charge in [-0.05, 0) is 55.3 Å². The summed E-state index contributed by atoms with van der Waals surface area (Å²) in [5, 5.41) is 2.46. The van der Waals surface area contributed by atoms with Gasteiger partial charge in [0.2, 0.25) is 15.9 Å². The molecular weight excluding hydrogens is 456 g/mol. The minimum atomic E-state index is -3.62. The van der Waals surface area contributed by atoms with E-state index in [0.717, 1.165) is 10.5 Å². The van der Waals surface area contributed by atoms with E-state index < -0.39 is 15.3 Å². The lowest BCUT2D eigenvalue weighted by Crippen LogP contribution is -2.25. The largest absolute Gasteiger partial charge is 0.382 e. The van der Waals surface area contributed by atoms with Gasteiger partial charge in [0, 0.05) is 30.3 Å². The average Bonchev–Trinajstić information content (AvgIpc) is 2.84. The maximum atomic E-state index is 13.2. The molecule has 0 spiro atoms. The van der Waals surface area contributed by atoms with E-state index in [1.807, 2.05) is 67.6 Å². The molecule has 3 aromatic carbocycles.